The van der Waals surface area contributed by atoms with E-state index in [1.54, 1.807) is 30.1 Å². The van der Waals surface area contributed by atoms with Gasteiger partial charge in [0.2, 0.25) is 5.91 Å². The van der Waals surface area contributed by atoms with E-state index in [1.165, 1.54) is 0 Å². The van der Waals surface area contributed by atoms with E-state index in [-0.39, 0.29) is 5.91 Å². The molecule has 0 radical (unpaired) electrons. The van der Waals surface area contributed by atoms with Gasteiger partial charge in [0.05, 0.1) is 16.8 Å². The Kier molecular flexibility index (Phi) is 3.98. The molecule has 0 bridgehead atoms. The molecule has 17 heavy (non-hydrogen) atoms. The van der Waals surface area contributed by atoms with Gasteiger partial charge in [0.15, 0.2) is 4.34 Å². The van der Waals surface area contributed by atoms with Crippen molar-refractivity contribution in [3.63, 3.8) is 0 Å². The van der Waals surface area contributed by atoms with E-state index in [1.807, 2.05) is 24.5 Å². The molecular formula is C11H13N3OS2. The smallest absolute Gasteiger partial charge is 0.238 e. The van der Waals surface area contributed by atoms with Crippen molar-refractivity contribution in [2.24, 2.45) is 0 Å². The highest BCUT2D eigenvalue weighted by molar-refractivity contribution is 8.00. The topological polar surface area (TPSA) is 54.0 Å². The van der Waals surface area contributed by atoms with Crippen molar-refractivity contribution in [3.8, 4) is 0 Å². The lowest BCUT2D eigenvalue weighted by Crippen LogP contribution is -2.24. The van der Waals surface area contributed by atoms with Crippen LogP contribution in [-0.4, -0.2) is 30.7 Å². The third kappa shape index (κ3) is 2.96. The second kappa shape index (κ2) is 5.48. The number of aromatic nitrogens is 1. The lowest BCUT2D eigenvalue weighted by Gasteiger charge is -2.03. The minimum atomic E-state index is -0.0403. The van der Waals surface area contributed by atoms with Crippen LogP contribution in [0.4, 0.5) is 5.69 Å². The number of thioether (sulfide) groups is 1. The van der Waals surface area contributed by atoms with Crippen molar-refractivity contribution in [1.82, 2.24) is 10.3 Å². The highest BCUT2D eigenvalue weighted by Crippen LogP contribution is 2.29. The molecule has 0 unspecified atom stereocenters. The molecule has 0 atom stereocenters. The number of thiazole rings is 1. The molecule has 0 spiro atoms. The van der Waals surface area contributed by atoms with Crippen LogP contribution < -0.4 is 10.6 Å². The molecule has 0 saturated carbocycles. The van der Waals surface area contributed by atoms with Gasteiger partial charge in [-0.1, -0.05) is 11.8 Å². The quantitative estimate of drug-likeness (QED) is 0.834. The number of rotatable bonds is 4. The monoisotopic (exact) mass is 267 g/mol. The molecule has 1 aromatic heterocycles. The van der Waals surface area contributed by atoms with Crippen LogP contribution >= 0.6 is 23.1 Å². The van der Waals surface area contributed by atoms with Crippen molar-refractivity contribution in [1.29, 1.82) is 0 Å². The van der Waals surface area contributed by atoms with E-state index in [9.17, 15) is 4.79 Å². The SMILES string of the molecule is CNCC(=O)Nc1ccc2nc(SC)sc2c1. The number of carbonyl (C=O) groups excluding carboxylic acids is 1. The summed E-state index contributed by atoms with van der Waals surface area (Å²) in [7, 11) is 1.75. The Morgan fingerprint density at radius 3 is 3.06 bits per heavy atom. The molecule has 2 aromatic rings. The minimum absolute atomic E-state index is 0.0403. The first-order valence-electron chi connectivity index (χ1n) is 5.12. The normalized spacial score (nSPS) is 10.7. The number of anilines is 1. The number of hydrogen-bond donors (Lipinski definition) is 2. The second-order valence-electron chi connectivity index (χ2n) is 3.44. The van der Waals surface area contributed by atoms with E-state index in [0.29, 0.717) is 6.54 Å². The summed E-state index contributed by atoms with van der Waals surface area (Å²) in [5, 5.41) is 5.65. The van der Waals surface area contributed by atoms with Gasteiger partial charge in [0.25, 0.3) is 0 Å². The van der Waals surface area contributed by atoms with Crippen LogP contribution in [-0.2, 0) is 4.79 Å². The number of nitrogens with one attached hydrogen (secondary N) is 2. The average molecular weight is 267 g/mol. The Labute approximate surface area is 108 Å². The maximum atomic E-state index is 11.4. The van der Waals surface area contributed by atoms with Crippen LogP contribution in [0, 0.1) is 0 Å². The number of hydrogen-bond acceptors (Lipinski definition) is 5. The largest absolute Gasteiger partial charge is 0.325 e. The summed E-state index contributed by atoms with van der Waals surface area (Å²) >= 11 is 3.27. The first-order valence-corrected chi connectivity index (χ1v) is 7.16. The van der Waals surface area contributed by atoms with E-state index in [2.05, 4.69) is 15.6 Å². The Bertz CT molecular complexity index is 538. The maximum absolute atomic E-state index is 11.4. The molecule has 4 nitrogen and oxygen atoms in total. The van der Waals surface area contributed by atoms with Gasteiger partial charge in [-0.3, -0.25) is 4.79 Å². The van der Waals surface area contributed by atoms with Crippen molar-refractivity contribution in [2.45, 2.75) is 4.34 Å². The van der Waals surface area contributed by atoms with Gasteiger partial charge in [-0.25, -0.2) is 4.98 Å². The fourth-order valence-corrected chi connectivity index (χ4v) is 2.96. The summed E-state index contributed by atoms with van der Waals surface area (Å²) < 4.78 is 2.13. The standard InChI is InChI=1S/C11H13N3OS2/c1-12-6-10(15)13-7-3-4-8-9(5-7)17-11(14-8)16-2/h3-5,12H,6H2,1-2H3,(H,13,15). The zero-order valence-corrected chi connectivity index (χ0v) is 11.2. The number of fused-ring (bicyclic) bond motifs is 1. The van der Waals surface area contributed by atoms with E-state index < -0.39 is 0 Å². The van der Waals surface area contributed by atoms with Gasteiger partial charge in [-0.05, 0) is 31.5 Å². The number of amides is 1. The molecule has 0 saturated heterocycles. The van der Waals surface area contributed by atoms with Crippen LogP contribution in [0.2, 0.25) is 0 Å². The van der Waals surface area contributed by atoms with Crippen molar-refractivity contribution < 1.29 is 4.79 Å². The zero-order chi connectivity index (χ0) is 12.3. The molecule has 0 aliphatic rings. The van der Waals surface area contributed by atoms with Crippen LogP contribution in [0.15, 0.2) is 22.5 Å². The van der Waals surface area contributed by atoms with Crippen LogP contribution in [0.1, 0.15) is 0 Å². The Balaban J connectivity index is 2.21. The van der Waals surface area contributed by atoms with Gasteiger partial charge in [-0.15, -0.1) is 11.3 Å². The summed E-state index contributed by atoms with van der Waals surface area (Å²) in [6, 6.07) is 5.76. The molecule has 6 heteroatoms. The van der Waals surface area contributed by atoms with Gasteiger partial charge >= 0.3 is 0 Å². The fourth-order valence-electron chi connectivity index (χ4n) is 1.43. The van der Waals surface area contributed by atoms with E-state index in [4.69, 9.17) is 0 Å². The van der Waals surface area contributed by atoms with E-state index >= 15 is 0 Å². The highest BCUT2D eigenvalue weighted by Gasteiger charge is 2.05. The number of nitrogens with zero attached hydrogens (tertiary/aromatic N) is 1. The molecule has 90 valence electrons. The number of likely N-dealkylation sites (N-methyl/N-ethyl adjacent to an activating group) is 1. The molecule has 1 heterocycles. The first kappa shape index (κ1) is 12.3. The van der Waals surface area contributed by atoms with Crippen LogP contribution in [0.5, 0.6) is 0 Å². The predicted molar refractivity (Wildman–Crippen MR) is 74.0 cm³/mol. The second-order valence-corrected chi connectivity index (χ2v) is 5.53. The fraction of sp³-hybridized carbons (Fsp3) is 0.273. The van der Waals surface area contributed by atoms with Gasteiger partial charge in [0.1, 0.15) is 0 Å². The van der Waals surface area contributed by atoms with Crippen molar-refractivity contribution in [2.75, 3.05) is 25.2 Å². The van der Waals surface area contributed by atoms with Gasteiger partial charge in [-0.2, -0.15) is 0 Å². The molecule has 1 aromatic carbocycles. The first-order chi connectivity index (χ1) is 8.22. The van der Waals surface area contributed by atoms with E-state index in [0.717, 1.165) is 20.2 Å². The van der Waals surface area contributed by atoms with Crippen molar-refractivity contribution >= 4 is 44.9 Å². The van der Waals surface area contributed by atoms with Gasteiger partial charge < -0.3 is 10.6 Å². The lowest BCUT2D eigenvalue weighted by atomic mass is 10.3. The Hall–Kier alpha value is -1.11. The number of benzene rings is 1. The molecule has 2 N–H and O–H groups in total. The Morgan fingerprint density at radius 2 is 2.35 bits per heavy atom. The average Bonchev–Trinajstić information content (AvgIpc) is 2.71. The molecule has 1 amide bonds. The molecule has 0 aliphatic carbocycles. The lowest BCUT2D eigenvalue weighted by molar-refractivity contribution is -0.115. The molecule has 2 rings (SSSR count). The number of carbonyl (C=O) groups is 1. The summed E-state index contributed by atoms with van der Waals surface area (Å²) in [6.45, 7) is 0.316. The predicted octanol–water partition coefficient (Wildman–Crippen LogP) is 2.18. The molecule has 0 aliphatic heterocycles. The minimum Gasteiger partial charge on any atom is -0.325 e. The summed E-state index contributed by atoms with van der Waals surface area (Å²) in [5.41, 5.74) is 1.79. The summed E-state index contributed by atoms with van der Waals surface area (Å²) in [6.07, 6.45) is 2.01. The highest BCUT2D eigenvalue weighted by atomic mass is 32.2. The Morgan fingerprint density at radius 1 is 1.53 bits per heavy atom. The molecular weight excluding hydrogens is 254 g/mol. The summed E-state index contributed by atoms with van der Waals surface area (Å²) in [4.78, 5) is 15.9. The third-order valence-electron chi connectivity index (χ3n) is 2.16. The zero-order valence-electron chi connectivity index (χ0n) is 9.61. The van der Waals surface area contributed by atoms with Crippen LogP contribution in [0.25, 0.3) is 10.2 Å². The van der Waals surface area contributed by atoms with Crippen LogP contribution in [0.3, 0.4) is 0 Å². The third-order valence-corrected chi connectivity index (χ3v) is 4.17. The summed E-state index contributed by atoms with van der Waals surface area (Å²) in [5.74, 6) is -0.0403. The maximum Gasteiger partial charge on any atom is 0.238 e. The van der Waals surface area contributed by atoms with Gasteiger partial charge in [0, 0.05) is 5.69 Å². The molecule has 0 fully saturated rings. The van der Waals surface area contributed by atoms with Crippen molar-refractivity contribution in [3.05, 3.63) is 18.2 Å².